The van der Waals surface area contributed by atoms with E-state index in [1.54, 1.807) is 12.1 Å². The van der Waals surface area contributed by atoms with Gasteiger partial charge in [0.25, 0.3) is 0 Å². The van der Waals surface area contributed by atoms with E-state index in [0.717, 1.165) is 16.9 Å². The van der Waals surface area contributed by atoms with Gasteiger partial charge in [0.05, 0.1) is 23.7 Å². The van der Waals surface area contributed by atoms with E-state index in [9.17, 15) is 13.9 Å². The second kappa shape index (κ2) is 12.4. The molecule has 4 N–H and O–H groups in total. The summed E-state index contributed by atoms with van der Waals surface area (Å²) in [7, 11) is 0. The number of rotatable bonds is 9. The molecule has 0 aliphatic heterocycles. The van der Waals surface area contributed by atoms with Crippen molar-refractivity contribution in [3.63, 3.8) is 0 Å². The molecule has 0 saturated heterocycles. The second-order valence-electron chi connectivity index (χ2n) is 6.56. The molecule has 0 amide bonds. The van der Waals surface area contributed by atoms with Crippen molar-refractivity contribution >= 4 is 41.0 Å². The first-order chi connectivity index (χ1) is 14.5. The number of guanidine groups is 1. The Hall–Kier alpha value is -2.47. The fourth-order valence-corrected chi connectivity index (χ4v) is 2.92. The summed E-state index contributed by atoms with van der Waals surface area (Å²) in [6.07, 6.45) is -0.177. The summed E-state index contributed by atoms with van der Waals surface area (Å²) >= 11 is 0. The van der Waals surface area contributed by atoms with E-state index in [0.29, 0.717) is 31.0 Å². The van der Waals surface area contributed by atoms with Crippen LogP contribution in [-0.4, -0.2) is 47.3 Å². The minimum Gasteiger partial charge on any atom is -0.435 e. The predicted octanol–water partition coefficient (Wildman–Crippen LogP) is 3.61. The molecule has 0 fully saturated rings. The molecular formula is C21H26F2IN5O2. The van der Waals surface area contributed by atoms with Crippen LogP contribution >= 0.6 is 24.0 Å². The second-order valence-corrected chi connectivity index (χ2v) is 6.56. The molecule has 0 aliphatic carbocycles. The Kier molecular flexibility index (Phi) is 9.92. The van der Waals surface area contributed by atoms with Crippen molar-refractivity contribution < 1.29 is 18.6 Å². The van der Waals surface area contributed by atoms with Crippen molar-refractivity contribution in [2.75, 3.05) is 19.6 Å². The number of ether oxygens (including phenoxy) is 1. The van der Waals surface area contributed by atoms with E-state index in [2.05, 4.69) is 30.3 Å². The molecule has 0 bridgehead atoms. The molecule has 31 heavy (non-hydrogen) atoms. The van der Waals surface area contributed by atoms with E-state index in [1.165, 1.54) is 12.1 Å². The number of para-hydroxylation sites is 2. The fraction of sp³-hybridized carbons (Fsp3) is 0.333. The average Bonchev–Trinajstić information content (AvgIpc) is 3.14. The van der Waals surface area contributed by atoms with Crippen LogP contribution in [0.2, 0.25) is 0 Å². The van der Waals surface area contributed by atoms with Crippen molar-refractivity contribution in [1.29, 1.82) is 0 Å². The summed E-state index contributed by atoms with van der Waals surface area (Å²) in [5.41, 5.74) is 2.50. The monoisotopic (exact) mass is 545 g/mol. The first kappa shape index (κ1) is 24.8. The first-order valence-electron chi connectivity index (χ1n) is 9.73. The van der Waals surface area contributed by atoms with Crippen LogP contribution in [0.4, 0.5) is 8.78 Å². The number of nitrogens with zero attached hydrogens (tertiary/aromatic N) is 2. The van der Waals surface area contributed by atoms with Gasteiger partial charge in [-0.05, 0) is 36.8 Å². The Morgan fingerprint density at radius 3 is 2.58 bits per heavy atom. The zero-order chi connectivity index (χ0) is 21.3. The summed E-state index contributed by atoms with van der Waals surface area (Å²) in [5.74, 6) is 1.50. The molecule has 3 rings (SSSR count). The van der Waals surface area contributed by atoms with E-state index in [4.69, 9.17) is 0 Å². The van der Waals surface area contributed by atoms with Crippen LogP contribution in [0, 0.1) is 0 Å². The highest BCUT2D eigenvalue weighted by atomic mass is 127. The lowest BCUT2D eigenvalue weighted by atomic mass is 10.1. The molecule has 0 radical (unpaired) electrons. The Balaban J connectivity index is 0.00000341. The van der Waals surface area contributed by atoms with Crippen molar-refractivity contribution in [2.24, 2.45) is 4.99 Å². The van der Waals surface area contributed by atoms with Gasteiger partial charge in [-0.15, -0.1) is 24.0 Å². The number of aliphatic imine (C=N–C) groups is 1. The summed E-state index contributed by atoms with van der Waals surface area (Å²) in [6.45, 7) is 0.482. The molecule has 2 aromatic carbocycles. The quantitative estimate of drug-likeness (QED) is 0.187. The third kappa shape index (κ3) is 7.62. The number of imidazole rings is 1. The van der Waals surface area contributed by atoms with Gasteiger partial charge in [0, 0.05) is 19.5 Å². The molecule has 1 unspecified atom stereocenters. The number of aromatic amines is 1. The lowest BCUT2D eigenvalue weighted by Crippen LogP contribution is -2.38. The van der Waals surface area contributed by atoms with Gasteiger partial charge in [-0.3, -0.25) is 4.99 Å². The van der Waals surface area contributed by atoms with Crippen LogP contribution in [-0.2, 0) is 6.42 Å². The van der Waals surface area contributed by atoms with Crippen LogP contribution in [0.25, 0.3) is 11.0 Å². The number of aromatic nitrogens is 2. The predicted molar refractivity (Wildman–Crippen MR) is 127 cm³/mol. The molecule has 1 atom stereocenters. The zero-order valence-electron chi connectivity index (χ0n) is 17.0. The van der Waals surface area contributed by atoms with Crippen molar-refractivity contribution in [3.8, 4) is 5.75 Å². The molecule has 10 heteroatoms. The van der Waals surface area contributed by atoms with E-state index >= 15 is 0 Å². The topological polar surface area (TPSA) is 94.6 Å². The van der Waals surface area contributed by atoms with Crippen LogP contribution in [0.3, 0.4) is 0 Å². The number of fused-ring (bicyclic) bond motifs is 1. The van der Waals surface area contributed by atoms with E-state index in [-0.39, 0.29) is 36.3 Å². The third-order valence-electron chi connectivity index (χ3n) is 4.35. The normalized spacial score (nSPS) is 12.5. The highest BCUT2D eigenvalue weighted by Crippen LogP contribution is 2.19. The minimum absolute atomic E-state index is 0. The van der Waals surface area contributed by atoms with Crippen LogP contribution < -0.4 is 15.4 Å². The number of hydrogen-bond donors (Lipinski definition) is 4. The molecule has 1 aromatic heterocycles. The van der Waals surface area contributed by atoms with Crippen molar-refractivity contribution in [2.45, 2.75) is 26.1 Å². The molecule has 0 aliphatic rings. The number of aliphatic hydroxyl groups is 1. The lowest BCUT2D eigenvalue weighted by Gasteiger charge is -2.13. The Morgan fingerprint density at radius 2 is 1.90 bits per heavy atom. The number of benzene rings is 2. The standard InChI is InChI=1S/C21H25F2N5O2.HI/c1-2-24-21(25-12-11-19-27-16-5-3-4-6-17(16)28-19)26-13-18(29)14-7-9-15(10-8-14)30-20(22)23;/h3-10,18,20,29H,2,11-13H2,1H3,(H,27,28)(H2,24,25,26);1H. The molecule has 0 saturated carbocycles. The number of aliphatic hydroxyl groups excluding tert-OH is 1. The number of nitrogens with one attached hydrogen (secondary N) is 3. The lowest BCUT2D eigenvalue weighted by molar-refractivity contribution is -0.0498. The maximum Gasteiger partial charge on any atom is 0.387 e. The summed E-state index contributed by atoms with van der Waals surface area (Å²) < 4.78 is 28.7. The highest BCUT2D eigenvalue weighted by molar-refractivity contribution is 14.0. The zero-order valence-corrected chi connectivity index (χ0v) is 19.3. The SMILES string of the molecule is CCNC(=NCC(O)c1ccc(OC(F)F)cc1)NCCc1nc2ccccc2[nH]1.I. The van der Waals surface area contributed by atoms with Crippen LogP contribution in [0.15, 0.2) is 53.5 Å². The van der Waals surface area contributed by atoms with Crippen molar-refractivity contribution in [3.05, 3.63) is 59.9 Å². The van der Waals surface area contributed by atoms with Crippen LogP contribution in [0.1, 0.15) is 24.4 Å². The van der Waals surface area contributed by atoms with Gasteiger partial charge in [-0.2, -0.15) is 8.78 Å². The molecule has 168 valence electrons. The third-order valence-corrected chi connectivity index (χ3v) is 4.35. The van der Waals surface area contributed by atoms with Gasteiger partial charge in [0.1, 0.15) is 11.6 Å². The molecule has 0 spiro atoms. The maximum absolute atomic E-state index is 12.2. The smallest absolute Gasteiger partial charge is 0.387 e. The van der Waals surface area contributed by atoms with Gasteiger partial charge < -0.3 is 25.5 Å². The number of halogens is 3. The Labute approximate surface area is 196 Å². The van der Waals surface area contributed by atoms with Gasteiger partial charge in [-0.25, -0.2) is 4.98 Å². The number of hydrogen-bond acceptors (Lipinski definition) is 4. The Morgan fingerprint density at radius 1 is 1.16 bits per heavy atom. The van der Waals surface area contributed by atoms with Gasteiger partial charge in [-0.1, -0.05) is 24.3 Å². The largest absolute Gasteiger partial charge is 0.435 e. The molecule has 1 heterocycles. The van der Waals surface area contributed by atoms with E-state index in [1.807, 2.05) is 31.2 Å². The molecule has 3 aromatic rings. The van der Waals surface area contributed by atoms with E-state index < -0.39 is 12.7 Å². The summed E-state index contributed by atoms with van der Waals surface area (Å²) in [6, 6.07) is 13.7. The number of H-pyrrole nitrogens is 1. The first-order valence-corrected chi connectivity index (χ1v) is 9.73. The number of alkyl halides is 2. The van der Waals surface area contributed by atoms with Gasteiger partial charge in [0.15, 0.2) is 5.96 Å². The summed E-state index contributed by atoms with van der Waals surface area (Å²) in [4.78, 5) is 12.2. The fourth-order valence-electron chi connectivity index (χ4n) is 2.92. The highest BCUT2D eigenvalue weighted by Gasteiger charge is 2.10. The minimum atomic E-state index is -2.88. The summed E-state index contributed by atoms with van der Waals surface area (Å²) in [5, 5.41) is 16.7. The molecule has 7 nitrogen and oxygen atoms in total. The average molecular weight is 545 g/mol. The maximum atomic E-state index is 12.2. The Bertz CT molecular complexity index is 933. The van der Waals surface area contributed by atoms with Gasteiger partial charge >= 0.3 is 6.61 Å². The van der Waals surface area contributed by atoms with Gasteiger partial charge in [0.2, 0.25) is 0 Å². The van der Waals surface area contributed by atoms with Crippen molar-refractivity contribution in [1.82, 2.24) is 20.6 Å². The van der Waals surface area contributed by atoms with Crippen LogP contribution in [0.5, 0.6) is 5.75 Å². The molecular weight excluding hydrogens is 519 g/mol.